The molecule has 0 spiro atoms. The van der Waals surface area contributed by atoms with Crippen molar-refractivity contribution in [2.24, 2.45) is 0 Å². The second-order valence-electron chi connectivity index (χ2n) is 5.10. The number of benzene rings is 1. The third-order valence-corrected chi connectivity index (χ3v) is 4.68. The average molecular weight is 331 g/mol. The maximum Gasteiger partial charge on any atom is 0.267 e. The lowest BCUT2D eigenvalue weighted by molar-refractivity contribution is 0.0825. The third-order valence-electron chi connectivity index (χ3n) is 3.71. The van der Waals surface area contributed by atoms with E-state index >= 15 is 0 Å². The van der Waals surface area contributed by atoms with E-state index in [1.165, 1.54) is 18.0 Å². The van der Waals surface area contributed by atoms with Crippen molar-refractivity contribution in [3.05, 3.63) is 58.0 Å². The molecule has 0 bridgehead atoms. The number of aromatic nitrogens is 2. The quantitative estimate of drug-likeness (QED) is 0.840. The number of hydrogen-bond donors (Lipinski definition) is 1. The van der Waals surface area contributed by atoms with Gasteiger partial charge in [0.2, 0.25) is 0 Å². The summed E-state index contributed by atoms with van der Waals surface area (Å²) < 4.78 is 6.96. The van der Waals surface area contributed by atoms with Gasteiger partial charge < -0.3 is 10.1 Å². The Balaban J connectivity index is 1.71. The van der Waals surface area contributed by atoms with Crippen molar-refractivity contribution in [2.75, 3.05) is 19.4 Å². The predicted molar refractivity (Wildman–Crippen MR) is 87.7 cm³/mol. The van der Waals surface area contributed by atoms with Gasteiger partial charge in [-0.25, -0.2) is 4.98 Å². The van der Waals surface area contributed by atoms with Crippen LogP contribution >= 0.6 is 11.8 Å². The van der Waals surface area contributed by atoms with E-state index in [-0.39, 0.29) is 23.8 Å². The van der Waals surface area contributed by atoms with E-state index in [4.69, 9.17) is 4.74 Å². The van der Waals surface area contributed by atoms with Crippen LogP contribution in [0.3, 0.4) is 0 Å². The lowest BCUT2D eigenvalue weighted by Gasteiger charge is -2.16. The van der Waals surface area contributed by atoms with Crippen molar-refractivity contribution in [3.63, 3.8) is 0 Å². The van der Waals surface area contributed by atoms with Gasteiger partial charge in [-0.05, 0) is 5.56 Å². The maximum absolute atomic E-state index is 12.3. The molecule has 0 aliphatic carbocycles. The molecule has 0 saturated heterocycles. The van der Waals surface area contributed by atoms with Crippen LogP contribution in [0.4, 0.5) is 0 Å². The highest BCUT2D eigenvalue weighted by molar-refractivity contribution is 7.99. The zero-order chi connectivity index (χ0) is 16.2. The summed E-state index contributed by atoms with van der Waals surface area (Å²) in [6.07, 6.45) is 1.09. The summed E-state index contributed by atoms with van der Waals surface area (Å²) >= 11 is 1.52. The number of rotatable bonds is 5. The Morgan fingerprint density at radius 2 is 2.22 bits per heavy atom. The lowest BCUT2D eigenvalue weighted by atomic mass is 10.1. The topological polar surface area (TPSA) is 73.2 Å². The van der Waals surface area contributed by atoms with Crippen LogP contribution < -0.4 is 10.9 Å². The largest absolute Gasteiger partial charge is 0.375 e. The minimum Gasteiger partial charge on any atom is -0.375 e. The molecule has 2 heterocycles. The third kappa shape index (κ3) is 3.30. The minimum atomic E-state index is -0.423. The van der Waals surface area contributed by atoms with Crippen molar-refractivity contribution in [1.29, 1.82) is 0 Å². The fraction of sp³-hybridized carbons (Fsp3) is 0.312. The molecular weight excluding hydrogens is 314 g/mol. The van der Waals surface area contributed by atoms with Gasteiger partial charge in [-0.3, -0.25) is 14.2 Å². The van der Waals surface area contributed by atoms with Gasteiger partial charge in [-0.2, -0.15) is 0 Å². The molecular formula is C16H17N3O3S. The first-order valence-electron chi connectivity index (χ1n) is 7.29. The van der Waals surface area contributed by atoms with E-state index < -0.39 is 5.91 Å². The number of hydrogen-bond acceptors (Lipinski definition) is 5. The van der Waals surface area contributed by atoms with Crippen LogP contribution in [0, 0.1) is 0 Å². The normalized spacial score (nSPS) is 14.3. The summed E-state index contributed by atoms with van der Waals surface area (Å²) in [7, 11) is 1.59. The van der Waals surface area contributed by atoms with Gasteiger partial charge >= 0.3 is 0 Å². The summed E-state index contributed by atoms with van der Waals surface area (Å²) in [6, 6.07) is 9.62. The first-order chi connectivity index (χ1) is 11.2. The number of methoxy groups -OCH3 is 1. The fourth-order valence-electron chi connectivity index (χ4n) is 2.46. The molecule has 0 radical (unpaired) electrons. The smallest absolute Gasteiger partial charge is 0.267 e. The highest BCUT2D eigenvalue weighted by Gasteiger charge is 2.20. The molecule has 1 aromatic heterocycles. The summed E-state index contributed by atoms with van der Waals surface area (Å²) in [5.74, 6) is 0.389. The number of fused-ring (bicyclic) bond motifs is 1. The molecule has 1 N–H and O–H groups in total. The van der Waals surface area contributed by atoms with Gasteiger partial charge in [0.1, 0.15) is 5.56 Å². The van der Waals surface area contributed by atoms with E-state index in [0.29, 0.717) is 11.7 Å². The van der Waals surface area contributed by atoms with Crippen LogP contribution in [-0.4, -0.2) is 34.9 Å². The molecule has 1 atom stereocenters. The van der Waals surface area contributed by atoms with E-state index in [1.807, 2.05) is 30.3 Å². The number of nitrogens with one attached hydrogen (secondary N) is 1. The molecule has 0 fully saturated rings. The number of thioether (sulfide) groups is 1. The van der Waals surface area contributed by atoms with Crippen LogP contribution in [-0.2, 0) is 11.3 Å². The van der Waals surface area contributed by atoms with E-state index in [1.54, 1.807) is 11.7 Å². The molecule has 7 heteroatoms. The summed E-state index contributed by atoms with van der Waals surface area (Å²) in [5, 5.41) is 3.43. The molecule has 120 valence electrons. The van der Waals surface area contributed by atoms with E-state index in [0.717, 1.165) is 11.3 Å². The minimum absolute atomic E-state index is 0.0687. The Hall–Kier alpha value is -2.12. The zero-order valence-corrected chi connectivity index (χ0v) is 13.5. The number of amides is 1. The SMILES string of the molecule is COC(CNC(=O)c1cnc2n(c1=O)CCS2)c1ccccc1. The highest BCUT2D eigenvalue weighted by atomic mass is 32.2. The van der Waals surface area contributed by atoms with Crippen molar-refractivity contribution >= 4 is 17.7 Å². The second-order valence-corrected chi connectivity index (χ2v) is 6.17. The molecule has 1 aliphatic heterocycles. The Kier molecular flexibility index (Phi) is 4.78. The van der Waals surface area contributed by atoms with Crippen molar-refractivity contribution in [3.8, 4) is 0 Å². The molecule has 1 aromatic carbocycles. The second kappa shape index (κ2) is 6.97. The molecule has 3 rings (SSSR count). The van der Waals surface area contributed by atoms with Gasteiger partial charge in [-0.1, -0.05) is 42.1 Å². The van der Waals surface area contributed by atoms with Crippen LogP contribution in [0.25, 0.3) is 0 Å². The molecule has 6 nitrogen and oxygen atoms in total. The fourth-order valence-corrected chi connectivity index (χ4v) is 3.37. The van der Waals surface area contributed by atoms with Crippen LogP contribution in [0.1, 0.15) is 22.0 Å². The van der Waals surface area contributed by atoms with E-state index in [9.17, 15) is 9.59 Å². The standard InChI is InChI=1S/C16H17N3O3S/c1-22-13(11-5-3-2-4-6-11)10-17-14(20)12-9-18-16-19(15(12)21)7-8-23-16/h2-6,9,13H,7-8,10H2,1H3,(H,17,20). The summed E-state index contributed by atoms with van der Waals surface area (Å²) in [5.41, 5.74) is 0.751. The van der Waals surface area contributed by atoms with Gasteiger partial charge in [0.15, 0.2) is 5.16 Å². The number of carbonyl (C=O) groups excluding carboxylic acids is 1. The van der Waals surface area contributed by atoms with Gasteiger partial charge in [0, 0.05) is 32.1 Å². The highest BCUT2D eigenvalue weighted by Crippen LogP contribution is 2.20. The number of ether oxygens (including phenoxy) is 1. The first-order valence-corrected chi connectivity index (χ1v) is 8.28. The van der Waals surface area contributed by atoms with Crippen LogP contribution in [0.2, 0.25) is 0 Å². The molecule has 2 aromatic rings. The average Bonchev–Trinajstić information content (AvgIpc) is 3.06. The lowest BCUT2D eigenvalue weighted by Crippen LogP contribution is -2.35. The molecule has 0 saturated carbocycles. The summed E-state index contributed by atoms with van der Waals surface area (Å²) in [6.45, 7) is 0.882. The number of carbonyl (C=O) groups is 1. The summed E-state index contributed by atoms with van der Waals surface area (Å²) in [4.78, 5) is 28.8. The number of nitrogens with zero attached hydrogens (tertiary/aromatic N) is 2. The Morgan fingerprint density at radius 3 is 2.96 bits per heavy atom. The molecule has 1 unspecified atom stereocenters. The van der Waals surface area contributed by atoms with Gasteiger partial charge in [0.25, 0.3) is 11.5 Å². The van der Waals surface area contributed by atoms with Crippen molar-refractivity contribution < 1.29 is 9.53 Å². The monoisotopic (exact) mass is 331 g/mol. The predicted octanol–water partition coefficient (Wildman–Crippen LogP) is 1.47. The Bertz CT molecular complexity index is 761. The van der Waals surface area contributed by atoms with Crippen molar-refractivity contribution in [1.82, 2.24) is 14.9 Å². The molecule has 1 aliphatic rings. The molecule has 1 amide bonds. The maximum atomic E-state index is 12.3. The zero-order valence-electron chi connectivity index (χ0n) is 12.7. The van der Waals surface area contributed by atoms with E-state index in [2.05, 4.69) is 10.3 Å². The van der Waals surface area contributed by atoms with Crippen LogP contribution in [0.15, 0.2) is 46.5 Å². The Morgan fingerprint density at radius 1 is 1.43 bits per heavy atom. The van der Waals surface area contributed by atoms with Crippen molar-refractivity contribution in [2.45, 2.75) is 17.8 Å². The van der Waals surface area contributed by atoms with Gasteiger partial charge in [-0.15, -0.1) is 0 Å². The van der Waals surface area contributed by atoms with Crippen LogP contribution in [0.5, 0.6) is 0 Å². The Labute approximate surface area is 137 Å². The first kappa shape index (κ1) is 15.8. The van der Waals surface area contributed by atoms with Gasteiger partial charge in [0.05, 0.1) is 6.10 Å². The molecule has 23 heavy (non-hydrogen) atoms.